The Hall–Kier alpha value is -1.37. The fraction of sp³-hybridized carbons (Fsp3) is 0.400. The Bertz CT molecular complexity index is 804. The van der Waals surface area contributed by atoms with Crippen LogP contribution in [0.15, 0.2) is 36.5 Å². The van der Waals surface area contributed by atoms with Gasteiger partial charge >= 0.3 is 0 Å². The molecule has 2 saturated heterocycles. The van der Waals surface area contributed by atoms with Crippen molar-refractivity contribution in [3.63, 3.8) is 0 Å². The maximum absolute atomic E-state index is 12.6. The summed E-state index contributed by atoms with van der Waals surface area (Å²) in [5, 5.41) is 0.351. The average Bonchev–Trinajstić information content (AvgIpc) is 3.25. The van der Waals surface area contributed by atoms with Gasteiger partial charge in [-0.1, -0.05) is 23.7 Å². The van der Waals surface area contributed by atoms with E-state index in [2.05, 4.69) is 17.1 Å². The van der Waals surface area contributed by atoms with Crippen LogP contribution in [0.4, 0.5) is 0 Å². The summed E-state index contributed by atoms with van der Waals surface area (Å²) in [6, 6.07) is 9.72. The number of hydrogen-bond acceptors (Lipinski definition) is 5. The van der Waals surface area contributed by atoms with E-state index in [9.17, 15) is 4.79 Å². The topological polar surface area (TPSA) is 42.4 Å². The zero-order chi connectivity index (χ0) is 18.6. The lowest BCUT2D eigenvalue weighted by atomic mass is 10.1. The molecule has 0 N–H and O–H groups in total. The summed E-state index contributed by atoms with van der Waals surface area (Å²) in [6.45, 7) is 1.61. The van der Waals surface area contributed by atoms with Crippen molar-refractivity contribution in [3.05, 3.63) is 52.7 Å². The fourth-order valence-electron chi connectivity index (χ4n) is 3.25. The molecule has 4 nitrogen and oxygen atoms in total. The van der Waals surface area contributed by atoms with Gasteiger partial charge in [0.2, 0.25) is 5.88 Å². The van der Waals surface area contributed by atoms with Crippen molar-refractivity contribution in [2.24, 2.45) is 0 Å². The van der Waals surface area contributed by atoms with E-state index in [1.807, 2.05) is 40.6 Å². The molecule has 1 amide bonds. The quantitative estimate of drug-likeness (QED) is 0.640. The predicted octanol–water partition coefficient (Wildman–Crippen LogP) is 5.63. The summed E-state index contributed by atoms with van der Waals surface area (Å²) in [4.78, 5) is 18.7. The number of pyridine rings is 1. The highest BCUT2D eigenvalue weighted by atomic mass is 35.5. The zero-order valence-electron chi connectivity index (χ0n) is 14.9. The van der Waals surface area contributed by atoms with Crippen LogP contribution in [-0.4, -0.2) is 40.4 Å². The van der Waals surface area contributed by atoms with E-state index >= 15 is 0 Å². The van der Waals surface area contributed by atoms with Gasteiger partial charge in [-0.3, -0.25) is 4.79 Å². The maximum atomic E-state index is 12.6. The molecule has 7 heteroatoms. The Morgan fingerprint density at radius 2 is 1.81 bits per heavy atom. The molecule has 0 atom stereocenters. The summed E-state index contributed by atoms with van der Waals surface area (Å²) < 4.78 is 6.34. The molecule has 0 aliphatic carbocycles. The Balaban J connectivity index is 1.44. The highest BCUT2D eigenvalue weighted by Crippen LogP contribution is 2.45. The molecule has 2 aromatic rings. The first-order chi connectivity index (χ1) is 13.2. The number of ether oxygens (including phenoxy) is 1. The number of amides is 1. The fourth-order valence-corrected chi connectivity index (χ4v) is 6.32. The Morgan fingerprint density at radius 1 is 1.11 bits per heavy atom. The molecule has 3 heterocycles. The van der Waals surface area contributed by atoms with Gasteiger partial charge in [0, 0.05) is 30.8 Å². The molecule has 1 aromatic heterocycles. The molecule has 4 rings (SSSR count). The van der Waals surface area contributed by atoms with Crippen molar-refractivity contribution < 1.29 is 9.53 Å². The number of thioether (sulfide) groups is 2. The Labute approximate surface area is 173 Å². The molecule has 142 valence electrons. The summed E-state index contributed by atoms with van der Waals surface area (Å²) in [5.74, 6) is 3.41. The van der Waals surface area contributed by atoms with Crippen molar-refractivity contribution >= 4 is 41.0 Å². The molecule has 27 heavy (non-hydrogen) atoms. The largest absolute Gasteiger partial charge is 0.438 e. The Kier molecular flexibility index (Phi) is 6.15. The van der Waals surface area contributed by atoms with Crippen LogP contribution in [0.1, 0.15) is 39.8 Å². The number of carbonyl (C=O) groups is 1. The van der Waals surface area contributed by atoms with Gasteiger partial charge in [-0.25, -0.2) is 4.98 Å². The molecule has 0 saturated carbocycles. The van der Waals surface area contributed by atoms with E-state index < -0.39 is 0 Å². The van der Waals surface area contributed by atoms with Gasteiger partial charge in [0.05, 0.1) is 10.1 Å². The summed E-state index contributed by atoms with van der Waals surface area (Å²) in [7, 11) is 0. The SMILES string of the molecule is O=C(c1cnc(Oc2ccc(C3SCCS3)cc2)c(Cl)c1)N1CCCCC1. The molecule has 2 aliphatic heterocycles. The average molecular weight is 421 g/mol. The highest BCUT2D eigenvalue weighted by Gasteiger charge is 2.20. The third-order valence-electron chi connectivity index (χ3n) is 4.69. The predicted molar refractivity (Wildman–Crippen MR) is 113 cm³/mol. The molecular formula is C20H21ClN2O2S2. The third kappa shape index (κ3) is 4.55. The zero-order valence-corrected chi connectivity index (χ0v) is 17.3. The van der Waals surface area contributed by atoms with Crippen molar-refractivity contribution in [3.8, 4) is 11.6 Å². The van der Waals surface area contributed by atoms with E-state index in [0.717, 1.165) is 25.9 Å². The number of rotatable bonds is 4. The van der Waals surface area contributed by atoms with Gasteiger partial charge < -0.3 is 9.64 Å². The van der Waals surface area contributed by atoms with Crippen LogP contribution >= 0.6 is 35.1 Å². The first-order valence-electron chi connectivity index (χ1n) is 9.16. The lowest BCUT2D eigenvalue weighted by molar-refractivity contribution is 0.0724. The lowest BCUT2D eigenvalue weighted by Gasteiger charge is -2.26. The van der Waals surface area contributed by atoms with Gasteiger partial charge in [-0.15, -0.1) is 23.5 Å². The minimum atomic E-state index is -0.00781. The van der Waals surface area contributed by atoms with Crippen LogP contribution in [0.25, 0.3) is 0 Å². The number of piperidine rings is 1. The number of hydrogen-bond donors (Lipinski definition) is 0. The van der Waals surface area contributed by atoms with Gasteiger partial charge in [-0.05, 0) is 43.0 Å². The maximum Gasteiger partial charge on any atom is 0.255 e. The second kappa shape index (κ2) is 8.76. The van der Waals surface area contributed by atoms with Crippen molar-refractivity contribution in [2.45, 2.75) is 23.8 Å². The van der Waals surface area contributed by atoms with Crippen molar-refractivity contribution in [2.75, 3.05) is 24.6 Å². The molecule has 0 radical (unpaired) electrons. The number of aromatic nitrogens is 1. The first kappa shape index (κ1) is 19.0. The van der Waals surface area contributed by atoms with E-state index in [0.29, 0.717) is 26.8 Å². The number of benzene rings is 1. The second-order valence-corrected chi connectivity index (χ2v) is 9.74. The number of likely N-dealkylation sites (tertiary alicyclic amines) is 1. The van der Waals surface area contributed by atoms with E-state index in [4.69, 9.17) is 16.3 Å². The first-order valence-corrected chi connectivity index (χ1v) is 11.6. The smallest absolute Gasteiger partial charge is 0.255 e. The number of nitrogens with zero attached hydrogens (tertiary/aromatic N) is 2. The lowest BCUT2D eigenvalue weighted by Crippen LogP contribution is -2.35. The summed E-state index contributed by atoms with van der Waals surface area (Å²) >= 11 is 10.3. The van der Waals surface area contributed by atoms with Crippen LogP contribution in [0, 0.1) is 0 Å². The molecule has 0 unspecified atom stereocenters. The van der Waals surface area contributed by atoms with E-state index in [-0.39, 0.29) is 5.91 Å². The van der Waals surface area contributed by atoms with Gasteiger partial charge in [0.15, 0.2) is 0 Å². The van der Waals surface area contributed by atoms with E-state index in [1.165, 1.54) is 23.5 Å². The van der Waals surface area contributed by atoms with Crippen molar-refractivity contribution in [1.82, 2.24) is 9.88 Å². The van der Waals surface area contributed by atoms with Gasteiger partial charge in [-0.2, -0.15) is 0 Å². The monoisotopic (exact) mass is 420 g/mol. The Morgan fingerprint density at radius 3 is 2.48 bits per heavy atom. The molecular weight excluding hydrogens is 400 g/mol. The van der Waals surface area contributed by atoms with Crippen LogP contribution in [0.3, 0.4) is 0 Å². The number of carbonyl (C=O) groups excluding carboxylic acids is 1. The standard InChI is InChI=1S/C20H21ClN2O2S2/c21-17-12-15(19(24)23-8-2-1-3-9-23)13-22-18(17)25-16-6-4-14(5-7-16)20-26-10-11-27-20/h4-7,12-13,20H,1-3,8-11H2. The highest BCUT2D eigenvalue weighted by molar-refractivity contribution is 8.19. The third-order valence-corrected chi connectivity index (χ3v) is 8.06. The molecule has 2 aliphatic rings. The molecule has 0 spiro atoms. The molecule has 2 fully saturated rings. The minimum absolute atomic E-state index is 0.00781. The normalized spacial score (nSPS) is 17.9. The van der Waals surface area contributed by atoms with E-state index in [1.54, 1.807) is 12.3 Å². The summed E-state index contributed by atoms with van der Waals surface area (Å²) in [5.41, 5.74) is 1.82. The van der Waals surface area contributed by atoms with Gasteiger partial charge in [0.25, 0.3) is 5.91 Å². The van der Waals surface area contributed by atoms with Crippen molar-refractivity contribution in [1.29, 1.82) is 0 Å². The minimum Gasteiger partial charge on any atom is -0.438 e. The van der Waals surface area contributed by atoms with Crippen LogP contribution in [0.5, 0.6) is 11.6 Å². The molecule has 0 bridgehead atoms. The molecule has 1 aromatic carbocycles. The summed E-state index contributed by atoms with van der Waals surface area (Å²) in [6.07, 6.45) is 4.86. The van der Waals surface area contributed by atoms with Crippen LogP contribution in [0.2, 0.25) is 5.02 Å². The van der Waals surface area contributed by atoms with Gasteiger partial charge in [0.1, 0.15) is 10.8 Å². The number of halogens is 1. The van der Waals surface area contributed by atoms with Crippen LogP contribution < -0.4 is 4.74 Å². The van der Waals surface area contributed by atoms with Crippen LogP contribution in [-0.2, 0) is 0 Å². The second-order valence-electron chi connectivity index (χ2n) is 6.61.